The number of fused-ring (bicyclic) bond motifs is 1. The molecule has 1 aromatic rings. The van der Waals surface area contributed by atoms with Gasteiger partial charge in [0.2, 0.25) is 5.91 Å². The first-order valence-electron chi connectivity index (χ1n) is 7.35. The van der Waals surface area contributed by atoms with Crippen LogP contribution in [0.25, 0.3) is 0 Å². The molecule has 5 heteroatoms. The van der Waals surface area contributed by atoms with Crippen LogP contribution < -0.4 is 10.6 Å². The minimum Gasteiger partial charge on any atom is -0.480 e. The van der Waals surface area contributed by atoms with Crippen molar-refractivity contribution in [3.8, 4) is 0 Å². The predicted molar refractivity (Wildman–Crippen MR) is 81.1 cm³/mol. The molecule has 0 saturated heterocycles. The van der Waals surface area contributed by atoms with E-state index >= 15 is 0 Å². The van der Waals surface area contributed by atoms with Gasteiger partial charge in [0.1, 0.15) is 6.04 Å². The Hall–Kier alpha value is -1.88. The Balaban J connectivity index is 2.48. The minimum absolute atomic E-state index is 0.174. The molecule has 0 fully saturated rings. The van der Waals surface area contributed by atoms with Crippen molar-refractivity contribution in [2.75, 3.05) is 11.4 Å². The maximum Gasteiger partial charge on any atom is 0.327 e. The molecule has 1 aliphatic rings. The lowest BCUT2D eigenvalue weighted by Crippen LogP contribution is -2.52. The largest absolute Gasteiger partial charge is 0.480 e. The fourth-order valence-electron chi connectivity index (χ4n) is 3.02. The number of carboxylic acid groups (broad SMARTS) is 1. The Morgan fingerprint density at radius 3 is 2.48 bits per heavy atom. The van der Waals surface area contributed by atoms with Gasteiger partial charge in [-0.05, 0) is 24.5 Å². The Bertz CT molecular complexity index is 544. The second kappa shape index (κ2) is 5.85. The lowest BCUT2D eigenvalue weighted by molar-refractivity contribution is -0.141. The van der Waals surface area contributed by atoms with Crippen LogP contribution in [0.2, 0.25) is 0 Å². The zero-order chi connectivity index (χ0) is 15.6. The number of aliphatic carboxylic acids is 1. The smallest absolute Gasteiger partial charge is 0.327 e. The zero-order valence-corrected chi connectivity index (χ0v) is 12.5. The molecule has 21 heavy (non-hydrogen) atoms. The molecule has 1 aromatic carbocycles. The highest BCUT2D eigenvalue weighted by molar-refractivity contribution is 6.04. The average Bonchev–Trinajstić information content (AvgIpc) is 2.89. The molecule has 0 saturated carbocycles. The van der Waals surface area contributed by atoms with Gasteiger partial charge in [0, 0.05) is 18.7 Å². The molecule has 3 N–H and O–H groups in total. The average molecular weight is 290 g/mol. The van der Waals surface area contributed by atoms with Gasteiger partial charge in [-0.1, -0.05) is 32.0 Å². The van der Waals surface area contributed by atoms with Gasteiger partial charge in [-0.15, -0.1) is 0 Å². The molecule has 0 radical (unpaired) electrons. The van der Waals surface area contributed by atoms with Crippen LogP contribution in [0, 0.1) is 5.41 Å². The van der Waals surface area contributed by atoms with Crippen molar-refractivity contribution < 1.29 is 14.7 Å². The number of hydrogen-bond acceptors (Lipinski definition) is 3. The third-order valence-corrected chi connectivity index (χ3v) is 4.68. The number of anilines is 1. The van der Waals surface area contributed by atoms with Gasteiger partial charge in [-0.25, -0.2) is 4.79 Å². The van der Waals surface area contributed by atoms with Crippen LogP contribution >= 0.6 is 0 Å². The number of hydrogen-bond donors (Lipinski definition) is 2. The number of para-hydroxylation sites is 1. The highest BCUT2D eigenvalue weighted by Crippen LogP contribution is 2.37. The van der Waals surface area contributed by atoms with Crippen molar-refractivity contribution in [2.24, 2.45) is 11.1 Å². The van der Waals surface area contributed by atoms with Crippen molar-refractivity contribution in [2.45, 2.75) is 39.2 Å². The third kappa shape index (κ3) is 2.42. The van der Waals surface area contributed by atoms with E-state index < -0.39 is 17.4 Å². The van der Waals surface area contributed by atoms with Crippen LogP contribution in [0.3, 0.4) is 0 Å². The Morgan fingerprint density at radius 1 is 1.33 bits per heavy atom. The summed E-state index contributed by atoms with van der Waals surface area (Å²) in [5.74, 6) is -1.15. The molecule has 0 unspecified atom stereocenters. The maximum atomic E-state index is 13.0. The first kappa shape index (κ1) is 15.5. The third-order valence-electron chi connectivity index (χ3n) is 4.68. The number of nitrogens with zero attached hydrogens (tertiary/aromatic N) is 1. The first-order chi connectivity index (χ1) is 10.0. The Morgan fingerprint density at radius 2 is 1.95 bits per heavy atom. The summed E-state index contributed by atoms with van der Waals surface area (Å²) in [6, 6.07) is 6.54. The fraction of sp³-hybridized carbons (Fsp3) is 0.500. The molecule has 1 aliphatic heterocycles. The summed E-state index contributed by atoms with van der Waals surface area (Å²) < 4.78 is 0. The number of nitrogens with two attached hydrogens (primary N) is 1. The van der Waals surface area contributed by atoms with Crippen LogP contribution in [0.1, 0.15) is 32.3 Å². The van der Waals surface area contributed by atoms with Crippen LogP contribution in [-0.2, 0) is 16.0 Å². The molecular weight excluding hydrogens is 268 g/mol. The summed E-state index contributed by atoms with van der Waals surface area (Å²) >= 11 is 0. The van der Waals surface area contributed by atoms with Gasteiger partial charge in [0.05, 0.1) is 5.41 Å². The van der Waals surface area contributed by atoms with Gasteiger partial charge in [0.15, 0.2) is 0 Å². The summed E-state index contributed by atoms with van der Waals surface area (Å²) in [4.78, 5) is 26.0. The molecule has 0 bridgehead atoms. The summed E-state index contributed by atoms with van der Waals surface area (Å²) in [6.45, 7) is 4.07. The lowest BCUT2D eigenvalue weighted by atomic mass is 9.80. The molecule has 1 heterocycles. The van der Waals surface area contributed by atoms with E-state index in [0.717, 1.165) is 5.56 Å². The van der Waals surface area contributed by atoms with Gasteiger partial charge >= 0.3 is 5.97 Å². The second-order valence-corrected chi connectivity index (χ2v) is 5.55. The van der Waals surface area contributed by atoms with Crippen molar-refractivity contribution >= 4 is 17.6 Å². The monoisotopic (exact) mass is 290 g/mol. The molecule has 0 aliphatic carbocycles. The van der Waals surface area contributed by atoms with Crippen LogP contribution in [-0.4, -0.2) is 29.6 Å². The number of carboxylic acids is 1. The first-order valence-corrected chi connectivity index (χ1v) is 7.35. The molecule has 0 aromatic heterocycles. The Kier molecular flexibility index (Phi) is 4.32. The van der Waals surface area contributed by atoms with Crippen molar-refractivity contribution in [3.05, 3.63) is 29.8 Å². The maximum absolute atomic E-state index is 13.0. The minimum atomic E-state index is -0.974. The van der Waals surface area contributed by atoms with Gasteiger partial charge < -0.3 is 10.8 Å². The number of amides is 1. The van der Waals surface area contributed by atoms with Gasteiger partial charge in [-0.3, -0.25) is 9.69 Å². The van der Waals surface area contributed by atoms with Crippen LogP contribution in [0.15, 0.2) is 24.3 Å². The predicted octanol–water partition coefficient (Wildman–Crippen LogP) is 1.79. The van der Waals surface area contributed by atoms with Crippen LogP contribution in [0.5, 0.6) is 0 Å². The van der Waals surface area contributed by atoms with E-state index in [1.54, 1.807) is 0 Å². The normalized spacial score (nSPS) is 17.7. The highest BCUT2D eigenvalue weighted by Gasteiger charge is 2.45. The van der Waals surface area contributed by atoms with E-state index in [9.17, 15) is 14.7 Å². The van der Waals surface area contributed by atoms with Gasteiger partial charge in [0.25, 0.3) is 0 Å². The molecule has 5 nitrogen and oxygen atoms in total. The molecule has 1 amide bonds. The fourth-order valence-corrected chi connectivity index (χ4v) is 3.02. The quantitative estimate of drug-likeness (QED) is 0.866. The summed E-state index contributed by atoms with van der Waals surface area (Å²) in [6.07, 6.45) is 1.55. The molecular formula is C16H22N2O3. The zero-order valence-electron chi connectivity index (χ0n) is 12.5. The molecule has 0 spiro atoms. The Labute approximate surface area is 124 Å². The van der Waals surface area contributed by atoms with Crippen LogP contribution in [0.4, 0.5) is 5.69 Å². The molecule has 1 atom stereocenters. The summed E-state index contributed by atoms with van der Waals surface area (Å²) in [7, 11) is 0. The van der Waals surface area contributed by atoms with E-state index in [1.165, 1.54) is 4.90 Å². The summed E-state index contributed by atoms with van der Waals surface area (Å²) in [5.41, 5.74) is 6.76. The molecule has 114 valence electrons. The van der Waals surface area contributed by atoms with Crippen molar-refractivity contribution in [3.63, 3.8) is 0 Å². The number of rotatable bonds is 5. The van der Waals surface area contributed by atoms with Crippen molar-refractivity contribution in [1.82, 2.24) is 0 Å². The molecule has 2 rings (SSSR count). The number of benzene rings is 1. The van der Waals surface area contributed by atoms with E-state index in [0.29, 0.717) is 24.9 Å². The number of carbonyl (C=O) groups excluding carboxylic acids is 1. The van der Waals surface area contributed by atoms with E-state index in [2.05, 4.69) is 0 Å². The SMILES string of the molecule is CCC(CC)(CN)C(=O)N1c2ccccc2C[C@H]1C(=O)O. The topological polar surface area (TPSA) is 83.6 Å². The summed E-state index contributed by atoms with van der Waals surface area (Å²) in [5, 5.41) is 9.46. The highest BCUT2D eigenvalue weighted by atomic mass is 16.4. The van der Waals surface area contributed by atoms with Crippen molar-refractivity contribution in [1.29, 1.82) is 0 Å². The van der Waals surface area contributed by atoms with E-state index in [1.807, 2.05) is 38.1 Å². The second-order valence-electron chi connectivity index (χ2n) is 5.55. The van der Waals surface area contributed by atoms with Gasteiger partial charge in [-0.2, -0.15) is 0 Å². The standard InChI is InChI=1S/C16H22N2O3/c1-3-16(4-2,10-17)15(21)18-12-8-6-5-7-11(12)9-13(18)14(19)20/h5-8,13H,3-4,9-10,17H2,1-2H3,(H,19,20)/t13-/m0/s1. The number of carbonyl (C=O) groups is 2. The lowest BCUT2D eigenvalue weighted by Gasteiger charge is -2.35. The van der Waals surface area contributed by atoms with E-state index in [4.69, 9.17) is 5.73 Å². The van der Waals surface area contributed by atoms with E-state index in [-0.39, 0.29) is 12.5 Å².